The minimum Gasteiger partial charge on any atom is -0.477 e. The number of carboxylic acid groups (broad SMARTS) is 1. The highest BCUT2D eigenvalue weighted by molar-refractivity contribution is 7.20. The first-order chi connectivity index (χ1) is 17.1. The van der Waals surface area contributed by atoms with Gasteiger partial charge in [0, 0.05) is 47.9 Å². The molecule has 0 bridgehead atoms. The van der Waals surface area contributed by atoms with Crippen LogP contribution >= 0.6 is 11.3 Å². The molecule has 0 saturated carbocycles. The van der Waals surface area contributed by atoms with Crippen LogP contribution in [0, 0.1) is 0 Å². The number of hydrogen-bond donors (Lipinski definition) is 1. The van der Waals surface area contributed by atoms with Crippen LogP contribution in [0.3, 0.4) is 0 Å². The van der Waals surface area contributed by atoms with Crippen LogP contribution in [0.1, 0.15) is 26.7 Å². The van der Waals surface area contributed by atoms with E-state index in [1.165, 1.54) is 33.6 Å². The minimum atomic E-state index is -0.905. The minimum absolute atomic E-state index is 0.0484. The number of piperazine rings is 1. The largest absolute Gasteiger partial charge is 0.477 e. The quantitative estimate of drug-likeness (QED) is 0.404. The monoisotopic (exact) mass is 484 g/mol. The Morgan fingerprint density at radius 2 is 1.54 bits per heavy atom. The zero-order chi connectivity index (χ0) is 23.9. The van der Waals surface area contributed by atoms with E-state index < -0.39 is 5.97 Å². The zero-order valence-electron chi connectivity index (χ0n) is 19.0. The predicted octanol–water partition coefficient (Wildman–Crippen LogP) is 5.67. The molecule has 1 fully saturated rings. The van der Waals surface area contributed by atoms with Gasteiger partial charge >= 0.3 is 12.1 Å². The average molecular weight is 485 g/mol. The summed E-state index contributed by atoms with van der Waals surface area (Å²) in [7, 11) is 0. The molecular formula is C28H24N2O4S. The van der Waals surface area contributed by atoms with Gasteiger partial charge in [-0.1, -0.05) is 54.6 Å². The Morgan fingerprint density at radius 3 is 2.20 bits per heavy atom. The van der Waals surface area contributed by atoms with Crippen molar-refractivity contribution in [2.24, 2.45) is 0 Å². The maximum atomic E-state index is 12.9. The number of anilines is 1. The number of thiophene rings is 1. The molecule has 1 saturated heterocycles. The lowest BCUT2D eigenvalue weighted by molar-refractivity contribution is 0.0702. The molecule has 6 rings (SSSR count). The molecule has 7 heteroatoms. The lowest BCUT2D eigenvalue weighted by Gasteiger charge is -2.36. The number of aromatic carboxylic acids is 1. The third kappa shape index (κ3) is 3.82. The van der Waals surface area contributed by atoms with Gasteiger partial charge in [-0.2, -0.15) is 0 Å². The third-order valence-electron chi connectivity index (χ3n) is 6.96. The molecule has 1 aromatic heterocycles. The van der Waals surface area contributed by atoms with Crippen molar-refractivity contribution in [3.63, 3.8) is 0 Å². The zero-order valence-corrected chi connectivity index (χ0v) is 19.8. The van der Waals surface area contributed by atoms with Gasteiger partial charge in [0.25, 0.3) is 0 Å². The van der Waals surface area contributed by atoms with Crippen molar-refractivity contribution < 1.29 is 19.4 Å². The van der Waals surface area contributed by atoms with Crippen molar-refractivity contribution >= 4 is 39.2 Å². The molecule has 4 aromatic rings. The Bertz CT molecular complexity index is 1390. The molecule has 3 aromatic carbocycles. The number of rotatable bonds is 4. The van der Waals surface area contributed by atoms with Gasteiger partial charge in [0.15, 0.2) is 0 Å². The van der Waals surface area contributed by atoms with Crippen LogP contribution in [0.2, 0.25) is 0 Å². The number of hydrogen-bond acceptors (Lipinski definition) is 5. The summed E-state index contributed by atoms with van der Waals surface area (Å²) < 4.78 is 6.78. The van der Waals surface area contributed by atoms with Crippen molar-refractivity contribution in [1.82, 2.24) is 4.90 Å². The van der Waals surface area contributed by atoms with Gasteiger partial charge < -0.3 is 19.6 Å². The lowest BCUT2D eigenvalue weighted by Crippen LogP contribution is -2.49. The fraction of sp³-hybridized carbons (Fsp3) is 0.214. The summed E-state index contributed by atoms with van der Waals surface area (Å²) in [5.41, 5.74) is 5.85. The number of carbonyl (C=O) groups excluding carboxylic acids is 1. The molecule has 1 amide bonds. The fourth-order valence-corrected chi connectivity index (χ4v) is 6.16. The molecule has 0 radical (unpaired) electrons. The van der Waals surface area contributed by atoms with E-state index in [2.05, 4.69) is 29.2 Å². The highest BCUT2D eigenvalue weighted by Crippen LogP contribution is 2.44. The standard InChI is InChI=1S/C28H24N2O4S/c31-27(32)26-16-22-24(10-5-11-25(22)35-26)29-12-14-30(15-13-29)28(33)34-17-23-20-8-3-1-6-18(20)19-7-2-4-9-21(19)23/h1-11,16,23H,12-15,17H2,(H,31,32). The summed E-state index contributed by atoms with van der Waals surface area (Å²) in [5.74, 6) is -0.857. The van der Waals surface area contributed by atoms with Crippen LogP contribution < -0.4 is 4.90 Å². The first kappa shape index (κ1) is 21.7. The van der Waals surface area contributed by atoms with Crippen LogP contribution in [0.4, 0.5) is 10.5 Å². The number of ether oxygens (including phenoxy) is 1. The number of nitrogens with zero attached hydrogens (tertiary/aromatic N) is 2. The van der Waals surface area contributed by atoms with Gasteiger partial charge in [0.05, 0.1) is 0 Å². The Hall–Kier alpha value is -3.84. The molecule has 2 heterocycles. The van der Waals surface area contributed by atoms with Gasteiger partial charge in [-0.25, -0.2) is 9.59 Å². The van der Waals surface area contributed by atoms with Gasteiger partial charge in [0.1, 0.15) is 11.5 Å². The molecule has 0 unspecified atom stereocenters. The van der Waals surface area contributed by atoms with Crippen molar-refractivity contribution in [1.29, 1.82) is 0 Å². The van der Waals surface area contributed by atoms with E-state index in [4.69, 9.17) is 4.74 Å². The summed E-state index contributed by atoms with van der Waals surface area (Å²) in [5, 5.41) is 10.3. The molecule has 2 aliphatic rings. The lowest BCUT2D eigenvalue weighted by atomic mass is 9.98. The van der Waals surface area contributed by atoms with Crippen molar-refractivity contribution in [3.8, 4) is 11.1 Å². The van der Waals surface area contributed by atoms with Crippen molar-refractivity contribution in [2.75, 3.05) is 37.7 Å². The second-order valence-corrected chi connectivity index (χ2v) is 9.97. The summed E-state index contributed by atoms with van der Waals surface area (Å²) in [6.07, 6.45) is -0.284. The molecule has 1 aliphatic heterocycles. The van der Waals surface area contributed by atoms with Gasteiger partial charge in [-0.05, 0) is 40.5 Å². The summed E-state index contributed by atoms with van der Waals surface area (Å²) in [4.78, 5) is 28.7. The Labute approximate surface area is 207 Å². The molecule has 0 spiro atoms. The molecule has 35 heavy (non-hydrogen) atoms. The highest BCUT2D eigenvalue weighted by Gasteiger charge is 2.30. The molecule has 1 N–H and O–H groups in total. The van der Waals surface area contributed by atoms with Gasteiger partial charge in [0.2, 0.25) is 0 Å². The number of amides is 1. The van der Waals surface area contributed by atoms with Crippen molar-refractivity contribution in [3.05, 3.63) is 88.8 Å². The van der Waals surface area contributed by atoms with Crippen LogP contribution in [0.25, 0.3) is 21.2 Å². The van der Waals surface area contributed by atoms with Crippen molar-refractivity contribution in [2.45, 2.75) is 5.92 Å². The fourth-order valence-electron chi connectivity index (χ4n) is 5.24. The molecular weight excluding hydrogens is 460 g/mol. The number of carboxylic acids is 1. The van der Waals surface area contributed by atoms with Gasteiger partial charge in [-0.15, -0.1) is 11.3 Å². The van der Waals surface area contributed by atoms with E-state index in [1.54, 1.807) is 11.0 Å². The topological polar surface area (TPSA) is 70.1 Å². The van der Waals surface area contributed by atoms with E-state index in [1.807, 2.05) is 42.5 Å². The Kier molecular flexibility index (Phi) is 5.41. The maximum Gasteiger partial charge on any atom is 0.409 e. The third-order valence-corrected chi connectivity index (χ3v) is 8.05. The van der Waals surface area contributed by atoms with Crippen LogP contribution in [0.5, 0.6) is 0 Å². The second-order valence-electron chi connectivity index (χ2n) is 8.88. The van der Waals surface area contributed by atoms with Crippen LogP contribution in [0.15, 0.2) is 72.8 Å². The molecule has 176 valence electrons. The number of benzene rings is 3. The number of carbonyl (C=O) groups is 2. The second kappa shape index (κ2) is 8.74. The Morgan fingerprint density at radius 1 is 0.886 bits per heavy atom. The van der Waals surface area contributed by atoms with E-state index in [-0.39, 0.29) is 12.0 Å². The predicted molar refractivity (Wildman–Crippen MR) is 138 cm³/mol. The van der Waals surface area contributed by atoms with E-state index in [9.17, 15) is 14.7 Å². The van der Waals surface area contributed by atoms with Crippen LogP contribution in [-0.4, -0.2) is 54.9 Å². The Balaban J connectivity index is 1.12. The highest BCUT2D eigenvalue weighted by atomic mass is 32.1. The average Bonchev–Trinajstić information content (AvgIpc) is 3.47. The first-order valence-corrected chi connectivity index (χ1v) is 12.5. The van der Waals surface area contributed by atoms with Crippen LogP contribution in [-0.2, 0) is 4.74 Å². The maximum absolute atomic E-state index is 12.9. The molecule has 6 nitrogen and oxygen atoms in total. The van der Waals surface area contributed by atoms with E-state index in [0.29, 0.717) is 37.7 Å². The smallest absolute Gasteiger partial charge is 0.409 e. The van der Waals surface area contributed by atoms with E-state index >= 15 is 0 Å². The SMILES string of the molecule is O=C(O)c1cc2c(N3CCN(C(=O)OCC4c5ccccc5-c5ccccc54)CC3)cccc2s1. The summed E-state index contributed by atoms with van der Waals surface area (Å²) >= 11 is 1.29. The summed E-state index contributed by atoms with van der Waals surface area (Å²) in [6, 6.07) is 24.3. The molecule has 1 aliphatic carbocycles. The normalized spacial score (nSPS) is 15.2. The summed E-state index contributed by atoms with van der Waals surface area (Å²) in [6.45, 7) is 2.77. The van der Waals surface area contributed by atoms with Gasteiger partial charge in [-0.3, -0.25) is 0 Å². The number of fused-ring (bicyclic) bond motifs is 4. The first-order valence-electron chi connectivity index (χ1n) is 11.7. The molecule has 0 atom stereocenters. The van der Waals surface area contributed by atoms with E-state index in [0.717, 1.165) is 15.8 Å².